The van der Waals surface area contributed by atoms with Crippen molar-refractivity contribution in [3.05, 3.63) is 48.5 Å². The fraction of sp³-hybridized carbons (Fsp3) is 0.364. The third-order valence-corrected chi connectivity index (χ3v) is 5.36. The first-order chi connectivity index (χ1) is 13.3. The Kier molecular flexibility index (Phi) is 5.21. The highest BCUT2D eigenvalue weighted by Crippen LogP contribution is 2.27. The maximum Gasteiger partial charge on any atom is 0.162 e. The van der Waals surface area contributed by atoms with Gasteiger partial charge in [0.2, 0.25) is 0 Å². The number of anilines is 1. The SMILES string of the molecule is CCN1CCC[C@H]1CNc1nc(-c2ccc(OC)cc2)nc2ccccc12. The molecule has 2 aromatic carbocycles. The topological polar surface area (TPSA) is 50.3 Å². The molecule has 4 rings (SSSR count). The maximum atomic E-state index is 5.26. The number of rotatable bonds is 6. The van der Waals surface area contributed by atoms with Crippen molar-refractivity contribution in [1.29, 1.82) is 0 Å². The van der Waals surface area contributed by atoms with Crippen LogP contribution in [0.25, 0.3) is 22.3 Å². The first-order valence-electron chi connectivity index (χ1n) is 9.67. The predicted octanol–water partition coefficient (Wildman–Crippen LogP) is 4.20. The third kappa shape index (κ3) is 3.74. The molecule has 1 aliphatic rings. The number of benzene rings is 2. The largest absolute Gasteiger partial charge is 0.497 e. The fourth-order valence-electron chi connectivity index (χ4n) is 3.84. The van der Waals surface area contributed by atoms with E-state index in [1.54, 1.807) is 7.11 Å². The molecule has 0 saturated carbocycles. The summed E-state index contributed by atoms with van der Waals surface area (Å²) in [4.78, 5) is 12.2. The minimum atomic E-state index is 0.577. The van der Waals surface area contributed by atoms with Crippen LogP contribution in [0, 0.1) is 0 Å². The zero-order valence-electron chi connectivity index (χ0n) is 16.0. The second kappa shape index (κ2) is 7.92. The van der Waals surface area contributed by atoms with Crippen LogP contribution in [0.15, 0.2) is 48.5 Å². The minimum Gasteiger partial charge on any atom is -0.497 e. The Balaban J connectivity index is 1.65. The van der Waals surface area contributed by atoms with Crippen molar-refractivity contribution in [3.8, 4) is 17.1 Å². The van der Waals surface area contributed by atoms with Gasteiger partial charge in [0.05, 0.1) is 12.6 Å². The summed E-state index contributed by atoms with van der Waals surface area (Å²) in [6.07, 6.45) is 2.52. The molecule has 1 saturated heterocycles. The second-order valence-corrected chi connectivity index (χ2v) is 6.95. The van der Waals surface area contributed by atoms with Gasteiger partial charge in [-0.05, 0) is 62.3 Å². The number of aromatic nitrogens is 2. The summed E-state index contributed by atoms with van der Waals surface area (Å²) in [5.41, 5.74) is 1.94. The average Bonchev–Trinajstić information content (AvgIpc) is 3.19. The van der Waals surface area contributed by atoms with Gasteiger partial charge in [-0.1, -0.05) is 19.1 Å². The molecule has 1 fully saturated rings. The monoisotopic (exact) mass is 362 g/mol. The van der Waals surface area contributed by atoms with Gasteiger partial charge in [0, 0.05) is 23.5 Å². The molecule has 0 spiro atoms. The number of likely N-dealkylation sites (tertiary alicyclic amines) is 1. The summed E-state index contributed by atoms with van der Waals surface area (Å²) in [5, 5.41) is 4.67. The van der Waals surface area contributed by atoms with Crippen LogP contribution in [0.5, 0.6) is 5.75 Å². The highest BCUT2D eigenvalue weighted by atomic mass is 16.5. The van der Waals surface area contributed by atoms with E-state index in [0.717, 1.165) is 46.9 Å². The summed E-state index contributed by atoms with van der Waals surface area (Å²) < 4.78 is 5.26. The van der Waals surface area contributed by atoms with E-state index in [-0.39, 0.29) is 0 Å². The highest BCUT2D eigenvalue weighted by molar-refractivity contribution is 5.90. The molecule has 1 aromatic heterocycles. The normalized spacial score (nSPS) is 17.3. The van der Waals surface area contributed by atoms with E-state index in [9.17, 15) is 0 Å². The van der Waals surface area contributed by atoms with Gasteiger partial charge in [0.1, 0.15) is 11.6 Å². The van der Waals surface area contributed by atoms with E-state index in [0.29, 0.717) is 6.04 Å². The van der Waals surface area contributed by atoms with Crippen molar-refractivity contribution < 1.29 is 4.74 Å². The minimum absolute atomic E-state index is 0.577. The molecule has 1 atom stereocenters. The van der Waals surface area contributed by atoms with E-state index >= 15 is 0 Å². The van der Waals surface area contributed by atoms with Crippen molar-refractivity contribution in [1.82, 2.24) is 14.9 Å². The van der Waals surface area contributed by atoms with Crippen LogP contribution in [0.2, 0.25) is 0 Å². The molecule has 5 nitrogen and oxygen atoms in total. The Labute approximate surface area is 160 Å². The van der Waals surface area contributed by atoms with Crippen molar-refractivity contribution in [2.45, 2.75) is 25.8 Å². The van der Waals surface area contributed by atoms with Gasteiger partial charge < -0.3 is 10.1 Å². The molecular weight excluding hydrogens is 336 g/mol. The molecule has 1 N–H and O–H groups in total. The number of hydrogen-bond acceptors (Lipinski definition) is 5. The van der Waals surface area contributed by atoms with Crippen molar-refractivity contribution in [2.24, 2.45) is 0 Å². The van der Waals surface area contributed by atoms with Crippen LogP contribution in [-0.2, 0) is 0 Å². The lowest BCUT2D eigenvalue weighted by atomic mass is 10.1. The van der Waals surface area contributed by atoms with Gasteiger partial charge in [-0.2, -0.15) is 0 Å². The van der Waals surface area contributed by atoms with Gasteiger partial charge in [0.25, 0.3) is 0 Å². The first-order valence-corrected chi connectivity index (χ1v) is 9.67. The summed E-state index contributed by atoms with van der Waals surface area (Å²) in [6.45, 7) is 5.45. The molecule has 5 heteroatoms. The third-order valence-electron chi connectivity index (χ3n) is 5.36. The van der Waals surface area contributed by atoms with E-state index in [1.165, 1.54) is 19.4 Å². The van der Waals surface area contributed by atoms with Crippen LogP contribution in [0.3, 0.4) is 0 Å². The molecule has 0 unspecified atom stereocenters. The number of nitrogens with zero attached hydrogens (tertiary/aromatic N) is 3. The number of para-hydroxylation sites is 1. The molecule has 0 aliphatic carbocycles. The quantitative estimate of drug-likeness (QED) is 0.712. The van der Waals surface area contributed by atoms with Crippen LogP contribution in [0.4, 0.5) is 5.82 Å². The highest BCUT2D eigenvalue weighted by Gasteiger charge is 2.23. The molecule has 3 aromatic rings. The molecule has 27 heavy (non-hydrogen) atoms. The Bertz CT molecular complexity index is 910. The number of methoxy groups -OCH3 is 1. The number of likely N-dealkylation sites (N-methyl/N-ethyl adjacent to an activating group) is 1. The molecule has 140 valence electrons. The molecule has 1 aliphatic heterocycles. The first kappa shape index (κ1) is 17.7. The van der Waals surface area contributed by atoms with Gasteiger partial charge in [-0.3, -0.25) is 4.90 Å². The maximum absolute atomic E-state index is 5.26. The van der Waals surface area contributed by atoms with Crippen LogP contribution >= 0.6 is 0 Å². The lowest BCUT2D eigenvalue weighted by Crippen LogP contribution is -2.34. The number of hydrogen-bond donors (Lipinski definition) is 1. The Morgan fingerprint density at radius 1 is 1.11 bits per heavy atom. The van der Waals surface area contributed by atoms with Crippen molar-refractivity contribution in [3.63, 3.8) is 0 Å². The number of nitrogens with one attached hydrogen (secondary N) is 1. The molecule has 0 radical (unpaired) electrons. The smallest absolute Gasteiger partial charge is 0.162 e. The van der Waals surface area contributed by atoms with E-state index < -0.39 is 0 Å². The van der Waals surface area contributed by atoms with E-state index in [2.05, 4.69) is 23.2 Å². The molecule has 2 heterocycles. The standard InChI is InChI=1S/C22H26N4O/c1-3-26-14-6-7-17(26)15-23-22-19-8-4-5-9-20(19)24-21(25-22)16-10-12-18(27-2)13-11-16/h4-5,8-13,17H,3,6-7,14-15H2,1-2H3,(H,23,24,25)/t17-/m0/s1. The Morgan fingerprint density at radius 2 is 1.93 bits per heavy atom. The van der Waals surface area contributed by atoms with Crippen LogP contribution < -0.4 is 10.1 Å². The average molecular weight is 362 g/mol. The van der Waals surface area contributed by atoms with Crippen molar-refractivity contribution >= 4 is 16.7 Å². The molecule has 0 bridgehead atoms. The Hall–Kier alpha value is -2.66. The van der Waals surface area contributed by atoms with Crippen molar-refractivity contribution in [2.75, 3.05) is 32.1 Å². The van der Waals surface area contributed by atoms with Gasteiger partial charge in [0.15, 0.2) is 5.82 Å². The summed E-state index contributed by atoms with van der Waals surface area (Å²) in [7, 11) is 1.67. The zero-order valence-corrected chi connectivity index (χ0v) is 16.0. The zero-order chi connectivity index (χ0) is 18.6. The summed E-state index contributed by atoms with van der Waals surface area (Å²) >= 11 is 0. The Morgan fingerprint density at radius 3 is 2.70 bits per heavy atom. The molecule has 0 amide bonds. The second-order valence-electron chi connectivity index (χ2n) is 6.95. The van der Waals surface area contributed by atoms with Gasteiger partial charge >= 0.3 is 0 Å². The van der Waals surface area contributed by atoms with Crippen LogP contribution in [0.1, 0.15) is 19.8 Å². The lowest BCUT2D eigenvalue weighted by Gasteiger charge is -2.23. The van der Waals surface area contributed by atoms with E-state index in [1.807, 2.05) is 42.5 Å². The fourth-order valence-corrected chi connectivity index (χ4v) is 3.84. The van der Waals surface area contributed by atoms with Gasteiger partial charge in [-0.25, -0.2) is 9.97 Å². The summed E-state index contributed by atoms with van der Waals surface area (Å²) in [5.74, 6) is 2.48. The van der Waals surface area contributed by atoms with Gasteiger partial charge in [-0.15, -0.1) is 0 Å². The summed E-state index contributed by atoms with van der Waals surface area (Å²) in [6, 6.07) is 16.7. The lowest BCUT2D eigenvalue weighted by molar-refractivity contribution is 0.277. The van der Waals surface area contributed by atoms with Crippen LogP contribution in [-0.4, -0.2) is 47.7 Å². The number of fused-ring (bicyclic) bond motifs is 1. The number of ether oxygens (including phenoxy) is 1. The molecular formula is C22H26N4O. The van der Waals surface area contributed by atoms with E-state index in [4.69, 9.17) is 14.7 Å². The predicted molar refractivity (Wildman–Crippen MR) is 110 cm³/mol.